The lowest BCUT2D eigenvalue weighted by Crippen LogP contribution is -2.12. The molecule has 0 saturated carbocycles. The number of nitrogens with zero attached hydrogens (tertiary/aromatic N) is 2. The van der Waals surface area contributed by atoms with Crippen molar-refractivity contribution in [1.82, 2.24) is 9.97 Å². The number of nitrogens with two attached hydrogens (primary N) is 1. The Labute approximate surface area is 106 Å². The third kappa shape index (κ3) is 2.79. The molecule has 2 N–H and O–H groups in total. The average molecular weight is 294 g/mol. The summed E-state index contributed by atoms with van der Waals surface area (Å²) in [6, 6.07) is 6.81. The third-order valence-electron chi connectivity index (χ3n) is 1.95. The molecule has 5 nitrogen and oxygen atoms in total. The van der Waals surface area contributed by atoms with Crippen LogP contribution in [0.3, 0.4) is 0 Å². The number of aromatic nitrogens is 2. The van der Waals surface area contributed by atoms with Gasteiger partial charge in [0.05, 0.1) is 10.0 Å². The van der Waals surface area contributed by atoms with Crippen LogP contribution in [0.25, 0.3) is 0 Å². The second-order valence-corrected chi connectivity index (χ2v) is 4.06. The lowest BCUT2D eigenvalue weighted by atomic mass is 10.2. The monoisotopic (exact) mass is 293 g/mol. The lowest BCUT2D eigenvalue weighted by Gasteiger charge is -2.06. The van der Waals surface area contributed by atoms with Crippen molar-refractivity contribution in [3.8, 4) is 11.8 Å². The van der Waals surface area contributed by atoms with Crippen LogP contribution in [0.4, 0.5) is 0 Å². The van der Waals surface area contributed by atoms with Gasteiger partial charge in [0.1, 0.15) is 5.75 Å². The summed E-state index contributed by atoms with van der Waals surface area (Å²) >= 11 is 3.21. The Bertz CT molecular complexity index is 543. The number of amides is 1. The molecule has 0 saturated heterocycles. The number of carbonyl (C=O) groups is 1. The normalized spacial score (nSPS) is 9.94. The quantitative estimate of drug-likeness (QED) is 0.940. The van der Waals surface area contributed by atoms with Crippen molar-refractivity contribution in [1.29, 1.82) is 0 Å². The van der Waals surface area contributed by atoms with Crippen molar-refractivity contribution in [3.63, 3.8) is 0 Å². The van der Waals surface area contributed by atoms with E-state index >= 15 is 0 Å². The number of rotatable bonds is 3. The van der Waals surface area contributed by atoms with Crippen molar-refractivity contribution in [2.75, 3.05) is 0 Å². The van der Waals surface area contributed by atoms with Crippen molar-refractivity contribution in [3.05, 3.63) is 46.7 Å². The molecule has 0 fully saturated rings. The summed E-state index contributed by atoms with van der Waals surface area (Å²) in [5.74, 6) is -0.222. The van der Waals surface area contributed by atoms with Crippen LogP contribution in [0, 0.1) is 0 Å². The van der Waals surface area contributed by atoms with Crippen LogP contribution in [-0.2, 0) is 0 Å². The lowest BCUT2D eigenvalue weighted by molar-refractivity contribution is 0.0998. The molecule has 2 aromatic rings. The number of ether oxygens (including phenoxy) is 1. The van der Waals surface area contributed by atoms with Gasteiger partial charge < -0.3 is 10.5 Å². The van der Waals surface area contributed by atoms with Gasteiger partial charge in [-0.3, -0.25) is 4.79 Å². The molecule has 0 aliphatic carbocycles. The Hall–Kier alpha value is -1.95. The second-order valence-electron chi connectivity index (χ2n) is 3.15. The summed E-state index contributed by atoms with van der Waals surface area (Å²) in [6.45, 7) is 0. The Morgan fingerprint density at radius 1 is 1.24 bits per heavy atom. The number of benzene rings is 1. The van der Waals surface area contributed by atoms with E-state index in [1.54, 1.807) is 36.7 Å². The first kappa shape index (κ1) is 11.5. The summed E-state index contributed by atoms with van der Waals surface area (Å²) in [5.41, 5.74) is 5.52. The molecule has 6 heteroatoms. The Morgan fingerprint density at radius 3 is 2.53 bits per heavy atom. The first-order valence-electron chi connectivity index (χ1n) is 4.71. The smallest absolute Gasteiger partial charge is 0.321 e. The zero-order chi connectivity index (χ0) is 12.3. The topological polar surface area (TPSA) is 78.1 Å². The summed E-state index contributed by atoms with van der Waals surface area (Å²) in [5, 5.41) is 0. The first-order chi connectivity index (χ1) is 8.16. The Morgan fingerprint density at radius 2 is 1.88 bits per heavy atom. The number of para-hydroxylation sites is 1. The highest BCUT2D eigenvalue weighted by atomic mass is 79.9. The maximum absolute atomic E-state index is 11.2. The van der Waals surface area contributed by atoms with Gasteiger partial charge >= 0.3 is 6.01 Å². The van der Waals surface area contributed by atoms with Gasteiger partial charge in [-0.05, 0) is 28.1 Å². The summed E-state index contributed by atoms with van der Waals surface area (Å²) in [7, 11) is 0. The zero-order valence-corrected chi connectivity index (χ0v) is 10.2. The van der Waals surface area contributed by atoms with Crippen LogP contribution in [0.2, 0.25) is 0 Å². The number of carbonyl (C=O) groups excluding carboxylic acids is 1. The number of halogens is 1. The molecule has 1 heterocycles. The van der Waals surface area contributed by atoms with E-state index in [0.717, 1.165) is 4.47 Å². The van der Waals surface area contributed by atoms with Crippen molar-refractivity contribution >= 4 is 21.8 Å². The minimum Gasteiger partial charge on any atom is -0.423 e. The van der Waals surface area contributed by atoms with Gasteiger partial charge in [0.15, 0.2) is 0 Å². The largest absolute Gasteiger partial charge is 0.423 e. The van der Waals surface area contributed by atoms with Crippen LogP contribution >= 0.6 is 15.9 Å². The summed E-state index contributed by atoms with van der Waals surface area (Å²) in [4.78, 5) is 19.0. The fourth-order valence-corrected chi connectivity index (χ4v) is 1.42. The van der Waals surface area contributed by atoms with Gasteiger partial charge in [-0.1, -0.05) is 12.1 Å². The minimum atomic E-state index is -0.558. The van der Waals surface area contributed by atoms with Crippen molar-refractivity contribution in [2.45, 2.75) is 0 Å². The van der Waals surface area contributed by atoms with E-state index in [0.29, 0.717) is 11.3 Å². The molecule has 2 rings (SSSR count). The first-order valence-corrected chi connectivity index (χ1v) is 5.50. The molecule has 1 aromatic carbocycles. The fraction of sp³-hybridized carbons (Fsp3) is 0. The van der Waals surface area contributed by atoms with Gasteiger partial charge in [-0.2, -0.15) is 0 Å². The predicted molar refractivity (Wildman–Crippen MR) is 64.8 cm³/mol. The van der Waals surface area contributed by atoms with Gasteiger partial charge in [0.25, 0.3) is 5.91 Å². The highest BCUT2D eigenvalue weighted by Gasteiger charge is 2.10. The molecule has 17 heavy (non-hydrogen) atoms. The van der Waals surface area contributed by atoms with Gasteiger partial charge in [-0.15, -0.1) is 0 Å². The summed E-state index contributed by atoms with van der Waals surface area (Å²) < 4.78 is 6.13. The second kappa shape index (κ2) is 4.92. The van der Waals surface area contributed by atoms with E-state index in [1.165, 1.54) is 0 Å². The van der Waals surface area contributed by atoms with Crippen LogP contribution in [0.5, 0.6) is 11.8 Å². The molecule has 0 radical (unpaired) electrons. The molecule has 86 valence electrons. The summed E-state index contributed by atoms with van der Waals surface area (Å²) in [6.07, 6.45) is 3.10. The molecule has 0 aliphatic rings. The zero-order valence-electron chi connectivity index (χ0n) is 8.63. The van der Waals surface area contributed by atoms with Gasteiger partial charge in [0.2, 0.25) is 0 Å². The molecule has 0 aliphatic heterocycles. The minimum absolute atomic E-state index is 0.155. The molecule has 0 unspecified atom stereocenters. The third-order valence-corrected chi connectivity index (χ3v) is 2.36. The van der Waals surface area contributed by atoms with E-state index in [-0.39, 0.29) is 6.01 Å². The van der Waals surface area contributed by atoms with E-state index in [4.69, 9.17) is 10.5 Å². The van der Waals surface area contributed by atoms with Crippen LogP contribution in [0.15, 0.2) is 41.1 Å². The number of primary amides is 1. The maximum Gasteiger partial charge on any atom is 0.321 e. The SMILES string of the molecule is NC(=O)c1ccccc1Oc1ncc(Br)cn1. The molecular formula is C11H8BrN3O2. The van der Waals surface area contributed by atoms with Crippen molar-refractivity contribution < 1.29 is 9.53 Å². The Kier molecular flexibility index (Phi) is 3.34. The van der Waals surface area contributed by atoms with E-state index < -0.39 is 5.91 Å². The molecular weight excluding hydrogens is 286 g/mol. The van der Waals surface area contributed by atoms with Crippen LogP contribution in [-0.4, -0.2) is 15.9 Å². The van der Waals surface area contributed by atoms with Crippen molar-refractivity contribution in [2.24, 2.45) is 5.73 Å². The van der Waals surface area contributed by atoms with E-state index in [9.17, 15) is 4.79 Å². The highest BCUT2D eigenvalue weighted by molar-refractivity contribution is 9.10. The maximum atomic E-state index is 11.2. The molecule has 0 spiro atoms. The van der Waals surface area contributed by atoms with E-state index in [1.807, 2.05) is 0 Å². The highest BCUT2D eigenvalue weighted by Crippen LogP contribution is 2.22. The van der Waals surface area contributed by atoms with Gasteiger partial charge in [0, 0.05) is 12.4 Å². The molecule has 1 aromatic heterocycles. The molecule has 1 amide bonds. The predicted octanol–water partition coefficient (Wildman–Crippen LogP) is 2.13. The van der Waals surface area contributed by atoms with Crippen LogP contribution in [0.1, 0.15) is 10.4 Å². The molecule has 0 bridgehead atoms. The standard InChI is InChI=1S/C11H8BrN3O2/c12-7-5-14-11(15-6-7)17-9-4-2-1-3-8(9)10(13)16/h1-6H,(H2,13,16). The number of hydrogen-bond acceptors (Lipinski definition) is 4. The Balaban J connectivity index is 2.30. The average Bonchev–Trinajstić information content (AvgIpc) is 2.32. The van der Waals surface area contributed by atoms with Gasteiger partial charge in [-0.25, -0.2) is 9.97 Å². The van der Waals surface area contributed by atoms with E-state index in [2.05, 4.69) is 25.9 Å². The number of hydrogen-bond donors (Lipinski definition) is 1. The fourth-order valence-electron chi connectivity index (χ4n) is 1.21. The van der Waals surface area contributed by atoms with Crippen LogP contribution < -0.4 is 10.5 Å². The molecule has 0 atom stereocenters.